The number of likely N-dealkylation sites (tertiary alicyclic amines) is 1. The number of carbonyl (C=O) groups excluding carboxylic acids is 1. The van der Waals surface area contributed by atoms with Gasteiger partial charge in [0.05, 0.1) is 5.60 Å². The van der Waals surface area contributed by atoms with E-state index < -0.39 is 0 Å². The average molecular weight is 410 g/mol. The van der Waals surface area contributed by atoms with Crippen LogP contribution in [-0.2, 0) is 4.74 Å². The standard InChI is InChI=1S/C23H31N5O2/c29-22(21-6-10-24-25-21)28-11-8-23(9-12-28)18-20(7-17-30-23)27-15-13-26(14-16-27)19-4-2-1-3-5-19/h1-6,10,20H,7-9,11-18H2,(H,24,25)/t20-/m0/s1. The summed E-state index contributed by atoms with van der Waals surface area (Å²) in [6, 6.07) is 13.1. The molecule has 1 atom stereocenters. The number of H-pyrrole nitrogens is 1. The third-order valence-corrected chi connectivity index (χ3v) is 7.11. The zero-order valence-electron chi connectivity index (χ0n) is 17.5. The molecule has 0 radical (unpaired) electrons. The molecule has 160 valence electrons. The van der Waals surface area contributed by atoms with Crippen LogP contribution in [0.15, 0.2) is 42.6 Å². The number of aromatic nitrogens is 2. The molecule has 3 aliphatic rings. The van der Waals surface area contributed by atoms with Crippen LogP contribution in [-0.4, -0.2) is 83.4 Å². The van der Waals surface area contributed by atoms with Gasteiger partial charge in [-0.1, -0.05) is 18.2 Å². The van der Waals surface area contributed by atoms with Gasteiger partial charge in [0.1, 0.15) is 5.69 Å². The van der Waals surface area contributed by atoms with Gasteiger partial charge in [0.15, 0.2) is 0 Å². The van der Waals surface area contributed by atoms with Gasteiger partial charge in [0.25, 0.3) is 5.91 Å². The van der Waals surface area contributed by atoms with E-state index in [-0.39, 0.29) is 11.5 Å². The van der Waals surface area contributed by atoms with Crippen molar-refractivity contribution < 1.29 is 9.53 Å². The number of rotatable bonds is 3. The number of amides is 1. The number of ether oxygens (including phenoxy) is 1. The minimum atomic E-state index is -0.0652. The number of anilines is 1. The van der Waals surface area contributed by atoms with Crippen molar-refractivity contribution in [3.05, 3.63) is 48.3 Å². The normalized spacial score (nSPS) is 24.9. The second-order valence-corrected chi connectivity index (χ2v) is 8.80. The molecule has 1 spiro atoms. The van der Waals surface area contributed by atoms with Crippen LogP contribution in [0.25, 0.3) is 0 Å². The number of hydrogen-bond donors (Lipinski definition) is 1. The third kappa shape index (κ3) is 3.96. The average Bonchev–Trinajstić information content (AvgIpc) is 3.35. The Hall–Kier alpha value is -2.38. The quantitative estimate of drug-likeness (QED) is 0.843. The highest BCUT2D eigenvalue weighted by Crippen LogP contribution is 2.37. The van der Waals surface area contributed by atoms with E-state index in [4.69, 9.17) is 4.74 Å². The van der Waals surface area contributed by atoms with Gasteiger partial charge in [-0.2, -0.15) is 5.10 Å². The van der Waals surface area contributed by atoms with Gasteiger partial charge < -0.3 is 14.5 Å². The van der Waals surface area contributed by atoms with Crippen LogP contribution in [0, 0.1) is 0 Å². The maximum absolute atomic E-state index is 12.6. The fourth-order valence-electron chi connectivity index (χ4n) is 5.31. The molecule has 0 unspecified atom stereocenters. The lowest BCUT2D eigenvalue weighted by Gasteiger charge is -2.49. The van der Waals surface area contributed by atoms with Gasteiger partial charge in [-0.25, -0.2) is 0 Å². The van der Waals surface area contributed by atoms with Gasteiger partial charge in [0, 0.05) is 63.8 Å². The summed E-state index contributed by atoms with van der Waals surface area (Å²) in [5.74, 6) is 0.0479. The Balaban J connectivity index is 1.15. The van der Waals surface area contributed by atoms with Crippen LogP contribution >= 0.6 is 0 Å². The van der Waals surface area contributed by atoms with Gasteiger partial charge in [-0.05, 0) is 43.9 Å². The van der Waals surface area contributed by atoms with Crippen molar-refractivity contribution in [1.82, 2.24) is 20.0 Å². The topological polar surface area (TPSA) is 64.7 Å². The fraction of sp³-hybridized carbons (Fsp3) is 0.565. The SMILES string of the molecule is O=C(c1ccn[nH]1)N1CCC2(CC1)C[C@@H](N1CCN(c3ccccc3)CC1)CCO2. The first kappa shape index (κ1) is 19.6. The van der Waals surface area contributed by atoms with Crippen LogP contribution in [0.2, 0.25) is 0 Å². The highest BCUT2D eigenvalue weighted by atomic mass is 16.5. The van der Waals surface area contributed by atoms with E-state index >= 15 is 0 Å². The number of nitrogens with zero attached hydrogens (tertiary/aromatic N) is 4. The summed E-state index contributed by atoms with van der Waals surface area (Å²) < 4.78 is 6.34. The summed E-state index contributed by atoms with van der Waals surface area (Å²) in [5.41, 5.74) is 1.84. The first-order valence-corrected chi connectivity index (χ1v) is 11.2. The number of piperazine rings is 1. The minimum absolute atomic E-state index is 0.0479. The van der Waals surface area contributed by atoms with Crippen LogP contribution in [0.5, 0.6) is 0 Å². The highest BCUT2D eigenvalue weighted by molar-refractivity contribution is 5.92. The summed E-state index contributed by atoms with van der Waals surface area (Å²) >= 11 is 0. The molecule has 4 heterocycles. The van der Waals surface area contributed by atoms with Gasteiger partial charge in [-0.15, -0.1) is 0 Å². The minimum Gasteiger partial charge on any atom is -0.375 e. The number of piperidine rings is 1. The number of carbonyl (C=O) groups is 1. The molecule has 30 heavy (non-hydrogen) atoms. The number of para-hydroxylation sites is 1. The second kappa shape index (κ2) is 8.40. The molecule has 3 aliphatic heterocycles. The van der Waals surface area contributed by atoms with E-state index in [9.17, 15) is 4.79 Å². The summed E-state index contributed by atoms with van der Waals surface area (Å²) in [6.07, 6.45) is 5.68. The molecule has 0 saturated carbocycles. The molecular formula is C23H31N5O2. The largest absolute Gasteiger partial charge is 0.375 e. The van der Waals surface area contributed by atoms with Gasteiger partial charge in [0.2, 0.25) is 0 Å². The lowest BCUT2D eigenvalue weighted by Crippen LogP contribution is -2.57. The predicted molar refractivity (Wildman–Crippen MR) is 116 cm³/mol. The van der Waals surface area contributed by atoms with E-state index in [2.05, 4.69) is 50.3 Å². The fourth-order valence-corrected chi connectivity index (χ4v) is 5.31. The number of aromatic amines is 1. The van der Waals surface area contributed by atoms with Crippen molar-refractivity contribution in [2.75, 3.05) is 50.8 Å². The van der Waals surface area contributed by atoms with Gasteiger partial charge >= 0.3 is 0 Å². The maximum Gasteiger partial charge on any atom is 0.271 e. The van der Waals surface area contributed by atoms with Crippen LogP contribution < -0.4 is 4.90 Å². The number of hydrogen-bond acceptors (Lipinski definition) is 5. The third-order valence-electron chi connectivity index (χ3n) is 7.11. The van der Waals surface area contributed by atoms with Crippen molar-refractivity contribution >= 4 is 11.6 Å². The van der Waals surface area contributed by atoms with E-state index in [1.807, 2.05) is 4.90 Å². The van der Waals surface area contributed by atoms with E-state index in [0.717, 1.165) is 71.6 Å². The molecule has 1 amide bonds. The molecular weight excluding hydrogens is 378 g/mol. The maximum atomic E-state index is 12.6. The second-order valence-electron chi connectivity index (χ2n) is 8.80. The summed E-state index contributed by atoms with van der Waals surface area (Å²) in [6.45, 7) is 6.73. The van der Waals surface area contributed by atoms with E-state index in [0.29, 0.717) is 11.7 Å². The van der Waals surface area contributed by atoms with Crippen molar-refractivity contribution in [3.8, 4) is 0 Å². The van der Waals surface area contributed by atoms with Crippen molar-refractivity contribution in [1.29, 1.82) is 0 Å². The first-order chi connectivity index (χ1) is 14.7. The smallest absolute Gasteiger partial charge is 0.271 e. The van der Waals surface area contributed by atoms with Crippen molar-refractivity contribution in [2.45, 2.75) is 37.3 Å². The molecule has 1 aromatic heterocycles. The molecule has 7 nitrogen and oxygen atoms in total. The Morgan fingerprint density at radius 3 is 2.50 bits per heavy atom. The molecule has 1 N–H and O–H groups in total. The molecule has 5 rings (SSSR count). The zero-order valence-corrected chi connectivity index (χ0v) is 17.5. The van der Waals surface area contributed by atoms with Crippen molar-refractivity contribution in [3.63, 3.8) is 0 Å². The van der Waals surface area contributed by atoms with E-state index in [1.54, 1.807) is 12.3 Å². The Bertz CT molecular complexity index is 825. The Kier molecular flexibility index (Phi) is 5.48. The lowest BCUT2D eigenvalue weighted by molar-refractivity contribution is -0.130. The van der Waals surface area contributed by atoms with Gasteiger partial charge in [-0.3, -0.25) is 14.8 Å². The molecule has 0 bridgehead atoms. The first-order valence-electron chi connectivity index (χ1n) is 11.2. The summed E-state index contributed by atoms with van der Waals surface area (Å²) in [7, 11) is 0. The molecule has 3 saturated heterocycles. The Morgan fingerprint density at radius 1 is 1.03 bits per heavy atom. The van der Waals surface area contributed by atoms with Crippen LogP contribution in [0.3, 0.4) is 0 Å². The summed E-state index contributed by atoms with van der Waals surface area (Å²) in [4.78, 5) is 19.7. The number of nitrogens with one attached hydrogen (secondary N) is 1. The van der Waals surface area contributed by atoms with Crippen LogP contribution in [0.1, 0.15) is 36.2 Å². The lowest BCUT2D eigenvalue weighted by atomic mass is 9.81. The summed E-state index contributed by atoms with van der Waals surface area (Å²) in [5, 5.41) is 6.69. The molecule has 3 fully saturated rings. The van der Waals surface area contributed by atoms with E-state index in [1.165, 1.54) is 5.69 Å². The number of benzene rings is 1. The Labute approximate surface area is 178 Å². The molecule has 0 aliphatic carbocycles. The van der Waals surface area contributed by atoms with Crippen molar-refractivity contribution in [2.24, 2.45) is 0 Å². The predicted octanol–water partition coefficient (Wildman–Crippen LogP) is 2.39. The molecule has 7 heteroatoms. The Morgan fingerprint density at radius 2 is 1.80 bits per heavy atom. The highest BCUT2D eigenvalue weighted by Gasteiger charge is 2.43. The monoisotopic (exact) mass is 409 g/mol. The molecule has 2 aromatic rings. The molecule has 1 aromatic carbocycles. The van der Waals surface area contributed by atoms with Crippen LogP contribution in [0.4, 0.5) is 5.69 Å². The zero-order chi connectivity index (χ0) is 20.4.